The van der Waals surface area contributed by atoms with Gasteiger partial charge in [-0.1, -0.05) is 26.7 Å². The Morgan fingerprint density at radius 1 is 1.40 bits per heavy atom. The molecular formula is C12H20N2S. The summed E-state index contributed by atoms with van der Waals surface area (Å²) in [5, 5.41) is 3.33. The molecule has 15 heavy (non-hydrogen) atoms. The summed E-state index contributed by atoms with van der Waals surface area (Å²) in [5.41, 5.74) is 7.39. The second-order valence-corrected chi connectivity index (χ2v) is 5.75. The van der Waals surface area contributed by atoms with Crippen molar-refractivity contribution >= 4 is 11.3 Å². The molecule has 1 atom stereocenters. The zero-order valence-electron chi connectivity index (χ0n) is 9.57. The van der Waals surface area contributed by atoms with Crippen molar-refractivity contribution in [3.8, 4) is 0 Å². The maximum atomic E-state index is 6.10. The largest absolute Gasteiger partial charge is 0.322 e. The van der Waals surface area contributed by atoms with Crippen LogP contribution in [0.3, 0.4) is 0 Å². The fourth-order valence-electron chi connectivity index (χ4n) is 2.15. The highest BCUT2D eigenvalue weighted by Crippen LogP contribution is 2.35. The second kappa shape index (κ2) is 4.62. The molecule has 1 saturated carbocycles. The van der Waals surface area contributed by atoms with Gasteiger partial charge in [-0.15, -0.1) is 11.3 Å². The number of hydrogen-bond donors (Lipinski definition) is 1. The Bertz CT molecular complexity index is 297. The molecule has 1 aliphatic carbocycles. The van der Waals surface area contributed by atoms with Gasteiger partial charge in [0.1, 0.15) is 5.01 Å². The van der Waals surface area contributed by atoms with Crippen molar-refractivity contribution in [2.24, 2.45) is 11.7 Å². The minimum Gasteiger partial charge on any atom is -0.322 e. The first kappa shape index (κ1) is 11.1. The van der Waals surface area contributed by atoms with E-state index in [4.69, 9.17) is 10.7 Å². The van der Waals surface area contributed by atoms with Crippen LogP contribution in [-0.4, -0.2) is 4.98 Å². The van der Waals surface area contributed by atoms with Crippen molar-refractivity contribution in [1.82, 2.24) is 4.98 Å². The lowest BCUT2D eigenvalue weighted by atomic mass is 10.0. The molecule has 1 aromatic heterocycles. The van der Waals surface area contributed by atoms with E-state index in [0.717, 1.165) is 10.9 Å². The molecule has 0 radical (unpaired) electrons. The number of aromatic nitrogens is 1. The molecule has 1 aliphatic rings. The van der Waals surface area contributed by atoms with Crippen molar-refractivity contribution in [1.29, 1.82) is 0 Å². The van der Waals surface area contributed by atoms with Crippen molar-refractivity contribution in [3.05, 3.63) is 16.1 Å². The van der Waals surface area contributed by atoms with Crippen LogP contribution in [0.2, 0.25) is 0 Å². The van der Waals surface area contributed by atoms with E-state index in [1.54, 1.807) is 11.3 Å². The molecule has 0 aliphatic heterocycles. The van der Waals surface area contributed by atoms with Crippen LogP contribution in [0.25, 0.3) is 0 Å². The molecule has 1 fully saturated rings. The fourth-order valence-corrected chi connectivity index (χ4v) is 3.22. The number of hydrogen-bond acceptors (Lipinski definition) is 3. The monoisotopic (exact) mass is 224 g/mol. The van der Waals surface area contributed by atoms with E-state index >= 15 is 0 Å². The van der Waals surface area contributed by atoms with Gasteiger partial charge in [-0.3, -0.25) is 0 Å². The number of rotatable bonds is 3. The minimum absolute atomic E-state index is 0.116. The van der Waals surface area contributed by atoms with Crippen LogP contribution in [-0.2, 0) is 0 Å². The summed E-state index contributed by atoms with van der Waals surface area (Å²) in [7, 11) is 0. The summed E-state index contributed by atoms with van der Waals surface area (Å²) >= 11 is 1.74. The number of thiazole rings is 1. The minimum atomic E-state index is 0.116. The van der Waals surface area contributed by atoms with E-state index in [0.29, 0.717) is 5.92 Å². The Balaban J connectivity index is 2.09. The SMILES string of the molecule is CC(C)C(N)c1nc(C2CCCC2)cs1. The van der Waals surface area contributed by atoms with Gasteiger partial charge in [0.2, 0.25) is 0 Å². The van der Waals surface area contributed by atoms with Crippen LogP contribution in [0.15, 0.2) is 5.38 Å². The maximum Gasteiger partial charge on any atom is 0.110 e. The summed E-state index contributed by atoms with van der Waals surface area (Å²) < 4.78 is 0. The molecule has 1 aromatic rings. The standard InChI is InChI=1S/C12H20N2S/c1-8(2)11(13)12-14-10(7-15-12)9-5-3-4-6-9/h7-9,11H,3-6,13H2,1-2H3. The van der Waals surface area contributed by atoms with Crippen LogP contribution < -0.4 is 5.73 Å². The molecule has 2 N–H and O–H groups in total. The van der Waals surface area contributed by atoms with Crippen molar-refractivity contribution in [3.63, 3.8) is 0 Å². The summed E-state index contributed by atoms with van der Waals surface area (Å²) in [4.78, 5) is 4.71. The highest BCUT2D eigenvalue weighted by Gasteiger charge is 2.21. The van der Waals surface area contributed by atoms with Gasteiger partial charge >= 0.3 is 0 Å². The third kappa shape index (κ3) is 2.40. The van der Waals surface area contributed by atoms with Crippen LogP contribution >= 0.6 is 11.3 Å². The van der Waals surface area contributed by atoms with Gasteiger partial charge < -0.3 is 5.73 Å². The molecule has 0 saturated heterocycles. The third-order valence-electron chi connectivity index (χ3n) is 3.32. The average Bonchev–Trinajstić information content (AvgIpc) is 2.86. The van der Waals surface area contributed by atoms with E-state index in [2.05, 4.69) is 19.2 Å². The summed E-state index contributed by atoms with van der Waals surface area (Å²) in [5.74, 6) is 1.20. The molecule has 2 rings (SSSR count). The first-order valence-electron chi connectivity index (χ1n) is 5.89. The quantitative estimate of drug-likeness (QED) is 0.854. The van der Waals surface area contributed by atoms with E-state index in [9.17, 15) is 0 Å². The normalized spacial score (nSPS) is 20.0. The van der Waals surface area contributed by atoms with Gasteiger partial charge in [0, 0.05) is 11.3 Å². The van der Waals surface area contributed by atoms with Gasteiger partial charge in [0.05, 0.1) is 11.7 Å². The summed E-state index contributed by atoms with van der Waals surface area (Å²) in [6, 6.07) is 0.116. The smallest absolute Gasteiger partial charge is 0.110 e. The molecule has 1 heterocycles. The third-order valence-corrected chi connectivity index (χ3v) is 4.28. The Labute approximate surface area is 95.9 Å². The lowest BCUT2D eigenvalue weighted by molar-refractivity contribution is 0.509. The Morgan fingerprint density at radius 3 is 2.67 bits per heavy atom. The van der Waals surface area contributed by atoms with E-state index in [1.165, 1.54) is 31.4 Å². The molecule has 0 spiro atoms. The average molecular weight is 224 g/mol. The van der Waals surface area contributed by atoms with E-state index in [-0.39, 0.29) is 6.04 Å². The zero-order chi connectivity index (χ0) is 10.8. The topological polar surface area (TPSA) is 38.9 Å². The highest BCUT2D eigenvalue weighted by molar-refractivity contribution is 7.09. The van der Waals surface area contributed by atoms with Gasteiger partial charge in [0.15, 0.2) is 0 Å². The zero-order valence-corrected chi connectivity index (χ0v) is 10.4. The van der Waals surface area contributed by atoms with Crippen molar-refractivity contribution in [2.45, 2.75) is 51.5 Å². The Hall–Kier alpha value is -0.410. The van der Waals surface area contributed by atoms with Gasteiger partial charge in [-0.25, -0.2) is 4.98 Å². The van der Waals surface area contributed by atoms with Crippen LogP contribution in [0, 0.1) is 5.92 Å². The van der Waals surface area contributed by atoms with Crippen molar-refractivity contribution < 1.29 is 0 Å². The fraction of sp³-hybridized carbons (Fsp3) is 0.750. The van der Waals surface area contributed by atoms with E-state index in [1.807, 2.05) is 0 Å². The van der Waals surface area contributed by atoms with Gasteiger partial charge in [0.25, 0.3) is 0 Å². The van der Waals surface area contributed by atoms with Crippen LogP contribution in [0.1, 0.15) is 62.2 Å². The predicted molar refractivity (Wildman–Crippen MR) is 65.1 cm³/mol. The number of nitrogens with zero attached hydrogens (tertiary/aromatic N) is 1. The molecule has 84 valence electrons. The second-order valence-electron chi connectivity index (χ2n) is 4.86. The van der Waals surface area contributed by atoms with Gasteiger partial charge in [-0.05, 0) is 18.8 Å². The Kier molecular flexibility index (Phi) is 3.42. The van der Waals surface area contributed by atoms with Crippen LogP contribution in [0.5, 0.6) is 0 Å². The molecule has 1 unspecified atom stereocenters. The van der Waals surface area contributed by atoms with Gasteiger partial charge in [-0.2, -0.15) is 0 Å². The lowest BCUT2D eigenvalue weighted by Crippen LogP contribution is -2.16. The summed E-state index contributed by atoms with van der Waals surface area (Å²) in [6.07, 6.45) is 5.38. The van der Waals surface area contributed by atoms with Crippen molar-refractivity contribution in [2.75, 3.05) is 0 Å². The maximum absolute atomic E-state index is 6.10. The summed E-state index contributed by atoms with van der Waals surface area (Å²) in [6.45, 7) is 4.31. The van der Waals surface area contributed by atoms with E-state index < -0.39 is 0 Å². The predicted octanol–water partition coefficient (Wildman–Crippen LogP) is 3.46. The van der Waals surface area contributed by atoms with Crippen LogP contribution in [0.4, 0.5) is 0 Å². The molecule has 3 heteroatoms. The highest BCUT2D eigenvalue weighted by atomic mass is 32.1. The first-order chi connectivity index (χ1) is 7.18. The Morgan fingerprint density at radius 2 is 2.07 bits per heavy atom. The first-order valence-corrected chi connectivity index (χ1v) is 6.77. The molecular weight excluding hydrogens is 204 g/mol. The molecule has 0 amide bonds. The molecule has 2 nitrogen and oxygen atoms in total. The lowest BCUT2D eigenvalue weighted by Gasteiger charge is -2.12. The molecule has 0 bridgehead atoms. The molecule has 0 aromatic carbocycles. The number of nitrogens with two attached hydrogens (primary N) is 1.